The quantitative estimate of drug-likeness (QED) is 0.910. The number of halogens is 2. The average molecular weight is 269 g/mol. The molecule has 1 aromatic carbocycles. The molecule has 1 N–H and O–H groups in total. The third-order valence-corrected chi connectivity index (χ3v) is 3.60. The number of nitrogens with zero attached hydrogens (tertiary/aromatic N) is 1. The van der Waals surface area contributed by atoms with Crippen molar-refractivity contribution in [3.63, 3.8) is 0 Å². The van der Waals surface area contributed by atoms with Gasteiger partial charge >= 0.3 is 0 Å². The zero-order valence-electron chi connectivity index (χ0n) is 10.8. The number of aliphatic hydroxyl groups is 1. The minimum atomic E-state index is -0.852. The van der Waals surface area contributed by atoms with E-state index in [2.05, 4.69) is 0 Å². The number of benzene rings is 1. The summed E-state index contributed by atoms with van der Waals surface area (Å²) in [5.74, 6) is -1.99. The second-order valence-corrected chi connectivity index (χ2v) is 4.89. The van der Waals surface area contributed by atoms with E-state index < -0.39 is 17.5 Å². The van der Waals surface area contributed by atoms with Crippen molar-refractivity contribution < 1.29 is 18.7 Å². The number of aliphatic hydroxyl groups excluding tert-OH is 1. The summed E-state index contributed by atoms with van der Waals surface area (Å²) in [4.78, 5) is 13.8. The van der Waals surface area contributed by atoms with Crippen LogP contribution in [0.4, 0.5) is 8.78 Å². The van der Waals surface area contributed by atoms with Crippen molar-refractivity contribution >= 4 is 5.91 Å². The van der Waals surface area contributed by atoms with Gasteiger partial charge in [-0.15, -0.1) is 0 Å². The Labute approximate surface area is 110 Å². The Bertz CT molecular complexity index is 487. The molecule has 2 rings (SSSR count). The van der Waals surface area contributed by atoms with Gasteiger partial charge in [0, 0.05) is 18.7 Å². The Kier molecular flexibility index (Phi) is 4.14. The summed E-state index contributed by atoms with van der Waals surface area (Å²) in [6.07, 6.45) is 2.77. The molecule has 19 heavy (non-hydrogen) atoms. The van der Waals surface area contributed by atoms with E-state index in [1.54, 1.807) is 0 Å². The molecule has 1 aromatic rings. The molecule has 0 heterocycles. The summed E-state index contributed by atoms with van der Waals surface area (Å²) in [6.45, 7) is 1.51. The fraction of sp³-hybridized carbons (Fsp3) is 0.500. The van der Waals surface area contributed by atoms with Gasteiger partial charge in [0.05, 0.1) is 12.2 Å². The molecule has 0 aliphatic heterocycles. The summed E-state index contributed by atoms with van der Waals surface area (Å²) in [6, 6.07) is 2.03. The molecule has 1 fully saturated rings. The highest BCUT2D eigenvalue weighted by atomic mass is 19.1. The van der Waals surface area contributed by atoms with Gasteiger partial charge in [0.15, 0.2) is 0 Å². The van der Waals surface area contributed by atoms with E-state index >= 15 is 0 Å². The minimum Gasteiger partial charge on any atom is -0.395 e. The summed E-state index contributed by atoms with van der Waals surface area (Å²) < 4.78 is 26.9. The van der Waals surface area contributed by atoms with Gasteiger partial charge in [-0.05, 0) is 37.8 Å². The molecule has 0 radical (unpaired) electrons. The maximum absolute atomic E-state index is 13.7. The van der Waals surface area contributed by atoms with Crippen LogP contribution in [0.1, 0.15) is 35.2 Å². The van der Waals surface area contributed by atoms with E-state index in [4.69, 9.17) is 5.11 Å². The topological polar surface area (TPSA) is 40.5 Å². The number of carbonyl (C=O) groups is 1. The molecule has 1 saturated carbocycles. The number of carbonyl (C=O) groups excluding carboxylic acids is 1. The fourth-order valence-electron chi connectivity index (χ4n) is 2.23. The largest absolute Gasteiger partial charge is 0.395 e. The zero-order chi connectivity index (χ0) is 14.0. The number of aryl methyl sites for hydroxylation is 1. The first-order chi connectivity index (χ1) is 9.04. The van der Waals surface area contributed by atoms with E-state index in [1.807, 2.05) is 0 Å². The van der Waals surface area contributed by atoms with E-state index in [-0.39, 0.29) is 30.3 Å². The minimum absolute atomic E-state index is 0.0596. The molecule has 5 heteroatoms. The molecule has 1 aliphatic carbocycles. The predicted molar refractivity (Wildman–Crippen MR) is 66.9 cm³/mol. The number of rotatable bonds is 4. The molecule has 3 nitrogen and oxygen atoms in total. The highest BCUT2D eigenvalue weighted by Crippen LogP contribution is 2.27. The van der Waals surface area contributed by atoms with Crippen molar-refractivity contribution in [1.82, 2.24) is 4.90 Å². The molecule has 104 valence electrons. The lowest BCUT2D eigenvalue weighted by molar-refractivity contribution is 0.0521. The smallest absolute Gasteiger partial charge is 0.257 e. The Morgan fingerprint density at radius 2 is 2.05 bits per heavy atom. The Morgan fingerprint density at radius 1 is 1.37 bits per heavy atom. The molecule has 0 saturated heterocycles. The van der Waals surface area contributed by atoms with Crippen molar-refractivity contribution in [2.45, 2.75) is 32.2 Å². The first-order valence-electron chi connectivity index (χ1n) is 6.42. The average Bonchev–Trinajstić information content (AvgIpc) is 2.30. The molecule has 1 aliphatic rings. The van der Waals surface area contributed by atoms with Gasteiger partial charge in [0.1, 0.15) is 11.6 Å². The van der Waals surface area contributed by atoms with Gasteiger partial charge in [0.25, 0.3) is 5.91 Å². The van der Waals surface area contributed by atoms with Crippen molar-refractivity contribution in [2.24, 2.45) is 0 Å². The van der Waals surface area contributed by atoms with E-state index in [1.165, 1.54) is 17.9 Å². The predicted octanol–water partition coefficient (Wildman–Crippen LogP) is 2.26. The maximum atomic E-state index is 13.7. The van der Waals surface area contributed by atoms with Gasteiger partial charge in [-0.3, -0.25) is 4.79 Å². The highest BCUT2D eigenvalue weighted by Gasteiger charge is 2.30. The van der Waals surface area contributed by atoms with Crippen LogP contribution < -0.4 is 0 Å². The van der Waals surface area contributed by atoms with Crippen LogP contribution in [-0.4, -0.2) is 35.1 Å². The van der Waals surface area contributed by atoms with Gasteiger partial charge in [-0.2, -0.15) is 0 Å². The van der Waals surface area contributed by atoms with Crippen molar-refractivity contribution in [2.75, 3.05) is 13.2 Å². The molecule has 0 aromatic heterocycles. The van der Waals surface area contributed by atoms with E-state index in [9.17, 15) is 13.6 Å². The summed E-state index contributed by atoms with van der Waals surface area (Å²) >= 11 is 0. The van der Waals surface area contributed by atoms with Crippen LogP contribution in [0.25, 0.3) is 0 Å². The Morgan fingerprint density at radius 3 is 2.58 bits per heavy atom. The first kappa shape index (κ1) is 13.9. The van der Waals surface area contributed by atoms with Gasteiger partial charge < -0.3 is 10.0 Å². The van der Waals surface area contributed by atoms with Crippen LogP contribution in [0.15, 0.2) is 12.1 Å². The number of hydrogen-bond acceptors (Lipinski definition) is 2. The van der Waals surface area contributed by atoms with Gasteiger partial charge in [-0.1, -0.05) is 0 Å². The molecule has 0 atom stereocenters. The van der Waals surface area contributed by atoms with E-state index in [0.29, 0.717) is 0 Å². The zero-order valence-corrected chi connectivity index (χ0v) is 10.8. The van der Waals surface area contributed by atoms with Crippen LogP contribution in [0.3, 0.4) is 0 Å². The summed E-state index contributed by atoms with van der Waals surface area (Å²) in [5.41, 5.74) is 0.113. The summed E-state index contributed by atoms with van der Waals surface area (Å²) in [5, 5.41) is 9.02. The second-order valence-electron chi connectivity index (χ2n) is 4.89. The first-order valence-corrected chi connectivity index (χ1v) is 6.42. The molecular weight excluding hydrogens is 252 g/mol. The fourth-order valence-corrected chi connectivity index (χ4v) is 2.23. The second kappa shape index (κ2) is 5.65. The van der Waals surface area contributed by atoms with Crippen LogP contribution in [0.5, 0.6) is 0 Å². The maximum Gasteiger partial charge on any atom is 0.257 e. The summed E-state index contributed by atoms with van der Waals surface area (Å²) in [7, 11) is 0. The SMILES string of the molecule is Cc1cc(C(=O)N(CCO)C2CCC2)c(F)cc1F. The van der Waals surface area contributed by atoms with Crippen molar-refractivity contribution in [1.29, 1.82) is 0 Å². The van der Waals surface area contributed by atoms with E-state index in [0.717, 1.165) is 25.3 Å². The van der Waals surface area contributed by atoms with Crippen molar-refractivity contribution in [3.8, 4) is 0 Å². The molecule has 0 spiro atoms. The van der Waals surface area contributed by atoms with Gasteiger partial charge in [0.2, 0.25) is 0 Å². The van der Waals surface area contributed by atoms with Crippen LogP contribution >= 0.6 is 0 Å². The monoisotopic (exact) mass is 269 g/mol. The lowest BCUT2D eigenvalue weighted by Gasteiger charge is -2.37. The van der Waals surface area contributed by atoms with Crippen LogP contribution in [0, 0.1) is 18.6 Å². The van der Waals surface area contributed by atoms with Crippen molar-refractivity contribution in [3.05, 3.63) is 34.9 Å². The van der Waals surface area contributed by atoms with Crippen LogP contribution in [0.2, 0.25) is 0 Å². The number of amides is 1. The standard InChI is InChI=1S/C14H17F2NO2/c1-9-7-11(13(16)8-12(9)15)14(19)17(5-6-18)10-3-2-4-10/h7-8,10,18H,2-6H2,1H3. The lowest BCUT2D eigenvalue weighted by atomic mass is 9.91. The number of hydrogen-bond donors (Lipinski definition) is 1. The van der Waals surface area contributed by atoms with Crippen LogP contribution in [-0.2, 0) is 0 Å². The Hall–Kier alpha value is -1.49. The molecule has 0 unspecified atom stereocenters. The van der Waals surface area contributed by atoms with Gasteiger partial charge in [-0.25, -0.2) is 8.78 Å². The Balaban J connectivity index is 2.28. The molecular formula is C14H17F2NO2. The molecule has 1 amide bonds. The normalized spacial score (nSPS) is 15.2. The highest BCUT2D eigenvalue weighted by molar-refractivity contribution is 5.95. The third-order valence-electron chi connectivity index (χ3n) is 3.60. The third kappa shape index (κ3) is 2.76. The lowest BCUT2D eigenvalue weighted by Crippen LogP contribution is -2.46. The molecule has 0 bridgehead atoms.